The highest BCUT2D eigenvalue weighted by Crippen LogP contribution is 2.20. The smallest absolute Gasteiger partial charge is 0.251 e. The zero-order chi connectivity index (χ0) is 22.4. The lowest BCUT2D eigenvalue weighted by atomic mass is 10.0. The Kier molecular flexibility index (Phi) is 7.47. The van der Waals surface area contributed by atoms with Gasteiger partial charge in [0, 0.05) is 12.1 Å². The van der Waals surface area contributed by atoms with Crippen LogP contribution in [0.15, 0.2) is 53.1 Å². The Morgan fingerprint density at radius 3 is 2.52 bits per heavy atom. The van der Waals surface area contributed by atoms with Gasteiger partial charge >= 0.3 is 0 Å². The molecule has 1 heterocycles. The molecule has 164 valence electrons. The highest BCUT2D eigenvalue weighted by Gasteiger charge is 2.16. The number of ether oxygens (including phenoxy) is 1. The van der Waals surface area contributed by atoms with Crippen LogP contribution < -0.4 is 10.1 Å². The van der Waals surface area contributed by atoms with Crippen molar-refractivity contribution in [3.63, 3.8) is 0 Å². The first-order chi connectivity index (χ1) is 14.9. The molecule has 1 N–H and O–H groups in total. The van der Waals surface area contributed by atoms with Crippen molar-refractivity contribution < 1.29 is 14.1 Å². The van der Waals surface area contributed by atoms with E-state index in [0.29, 0.717) is 24.5 Å². The average Bonchev–Trinajstić information content (AvgIpc) is 3.10. The molecular formula is C25H31N3O3. The van der Waals surface area contributed by atoms with E-state index in [1.165, 1.54) is 11.1 Å². The molecule has 31 heavy (non-hydrogen) atoms. The summed E-state index contributed by atoms with van der Waals surface area (Å²) in [6, 6.07) is 15.9. The fourth-order valence-electron chi connectivity index (χ4n) is 3.46. The van der Waals surface area contributed by atoms with E-state index in [9.17, 15) is 4.79 Å². The highest BCUT2D eigenvalue weighted by atomic mass is 16.5. The molecule has 0 saturated heterocycles. The molecule has 0 radical (unpaired) electrons. The van der Waals surface area contributed by atoms with Gasteiger partial charge in [-0.15, -0.1) is 0 Å². The Morgan fingerprint density at radius 2 is 1.90 bits per heavy atom. The number of likely N-dealkylation sites (N-methyl/N-ethyl adjacent to an activating group) is 1. The van der Waals surface area contributed by atoms with Crippen LogP contribution in [0.5, 0.6) is 5.75 Å². The van der Waals surface area contributed by atoms with Crippen molar-refractivity contribution in [2.24, 2.45) is 0 Å². The molecule has 1 amide bonds. The quantitative estimate of drug-likeness (QED) is 0.552. The van der Waals surface area contributed by atoms with Crippen LogP contribution in [0, 0.1) is 13.8 Å². The molecular weight excluding hydrogens is 390 g/mol. The lowest BCUT2D eigenvalue weighted by molar-refractivity contribution is 0.0941. The maximum absolute atomic E-state index is 12.8. The number of nitrogens with one attached hydrogen (secondary N) is 1. The fraction of sp³-hybridized carbons (Fsp3) is 0.360. The van der Waals surface area contributed by atoms with E-state index in [1.807, 2.05) is 40.1 Å². The summed E-state index contributed by atoms with van der Waals surface area (Å²) < 4.78 is 11.0. The summed E-state index contributed by atoms with van der Waals surface area (Å²) in [5.74, 6) is 1.25. The minimum atomic E-state index is -0.125. The van der Waals surface area contributed by atoms with Gasteiger partial charge in [0.15, 0.2) is 0 Å². The van der Waals surface area contributed by atoms with Crippen LogP contribution in [0.2, 0.25) is 0 Å². The number of hydrogen-bond donors (Lipinski definition) is 1. The fourth-order valence-corrected chi connectivity index (χ4v) is 3.46. The number of carbonyl (C=O) groups is 1. The van der Waals surface area contributed by atoms with E-state index in [0.717, 1.165) is 23.4 Å². The first-order valence-corrected chi connectivity index (χ1v) is 10.6. The molecule has 0 fully saturated rings. The van der Waals surface area contributed by atoms with Gasteiger partial charge < -0.3 is 19.5 Å². The van der Waals surface area contributed by atoms with E-state index >= 15 is 0 Å². The average molecular weight is 422 g/mol. The molecule has 3 aromatic rings. The first kappa shape index (κ1) is 22.6. The Balaban J connectivity index is 1.63. The lowest BCUT2D eigenvalue weighted by Gasteiger charge is -2.25. The topological polar surface area (TPSA) is 67.6 Å². The van der Waals surface area contributed by atoms with Crippen molar-refractivity contribution >= 4 is 5.91 Å². The third kappa shape index (κ3) is 5.73. The number of rotatable bonds is 9. The zero-order valence-electron chi connectivity index (χ0n) is 18.9. The molecule has 1 atom stereocenters. The molecule has 3 rings (SSSR count). The Hall–Kier alpha value is -3.12. The van der Waals surface area contributed by atoms with E-state index in [4.69, 9.17) is 9.26 Å². The summed E-state index contributed by atoms with van der Waals surface area (Å²) in [6.07, 6.45) is 1.01. The van der Waals surface area contributed by atoms with Gasteiger partial charge in [0.05, 0.1) is 17.3 Å². The third-order valence-corrected chi connectivity index (χ3v) is 5.51. The van der Waals surface area contributed by atoms with Crippen LogP contribution in [0.1, 0.15) is 51.5 Å². The number of amides is 1. The summed E-state index contributed by atoms with van der Waals surface area (Å²) in [5.41, 5.74) is 4.79. The monoisotopic (exact) mass is 421 g/mol. The van der Waals surface area contributed by atoms with Crippen LogP contribution >= 0.6 is 0 Å². The van der Waals surface area contributed by atoms with Crippen LogP contribution in [0.3, 0.4) is 0 Å². The molecule has 0 spiro atoms. The number of nitrogens with zero attached hydrogens (tertiary/aromatic N) is 2. The largest absolute Gasteiger partial charge is 0.489 e. The molecule has 1 aromatic heterocycles. The number of aromatic nitrogens is 1. The first-order valence-electron chi connectivity index (χ1n) is 10.6. The molecule has 0 saturated carbocycles. The standard InChI is InChI=1S/C25H31N3O3/c1-6-19-10-12-20(13-11-19)24(28(4)5)15-26-25(29)21-8-7-9-22(14-21)30-16-23-17(2)27-31-18(23)3/h7-14,24H,6,15-16H2,1-5H3,(H,26,29). The summed E-state index contributed by atoms with van der Waals surface area (Å²) in [7, 11) is 4.04. The predicted molar refractivity (Wildman–Crippen MR) is 121 cm³/mol. The van der Waals surface area contributed by atoms with Crippen LogP contribution in [0.4, 0.5) is 0 Å². The van der Waals surface area contributed by atoms with Crippen LogP contribution in [0.25, 0.3) is 0 Å². The molecule has 6 heteroatoms. The molecule has 6 nitrogen and oxygen atoms in total. The predicted octanol–water partition coefficient (Wildman–Crippen LogP) is 4.47. The van der Waals surface area contributed by atoms with Gasteiger partial charge in [0.25, 0.3) is 5.91 Å². The van der Waals surface area contributed by atoms with Crippen molar-refractivity contribution in [3.8, 4) is 5.75 Å². The van der Waals surface area contributed by atoms with Crippen molar-refractivity contribution in [2.45, 2.75) is 39.8 Å². The summed E-state index contributed by atoms with van der Waals surface area (Å²) >= 11 is 0. The van der Waals surface area contributed by atoms with E-state index in [2.05, 4.69) is 46.6 Å². The van der Waals surface area contributed by atoms with Crippen molar-refractivity contribution in [1.82, 2.24) is 15.4 Å². The van der Waals surface area contributed by atoms with E-state index < -0.39 is 0 Å². The van der Waals surface area contributed by atoms with E-state index in [-0.39, 0.29) is 11.9 Å². The lowest BCUT2D eigenvalue weighted by Crippen LogP contribution is -2.34. The maximum Gasteiger partial charge on any atom is 0.251 e. The van der Waals surface area contributed by atoms with Gasteiger partial charge in [-0.3, -0.25) is 4.79 Å². The van der Waals surface area contributed by atoms with Gasteiger partial charge in [-0.05, 0) is 63.7 Å². The number of hydrogen-bond acceptors (Lipinski definition) is 5. The second kappa shape index (κ2) is 10.3. The Morgan fingerprint density at radius 1 is 1.16 bits per heavy atom. The molecule has 2 aromatic carbocycles. The van der Waals surface area contributed by atoms with Gasteiger partial charge in [-0.2, -0.15) is 0 Å². The highest BCUT2D eigenvalue weighted by molar-refractivity contribution is 5.94. The second-order valence-corrected chi connectivity index (χ2v) is 7.90. The molecule has 0 aliphatic heterocycles. The summed E-state index contributed by atoms with van der Waals surface area (Å²) in [4.78, 5) is 14.9. The van der Waals surface area contributed by atoms with Crippen molar-refractivity contribution in [3.05, 3.63) is 82.2 Å². The third-order valence-electron chi connectivity index (χ3n) is 5.51. The SMILES string of the molecule is CCc1ccc(C(CNC(=O)c2cccc(OCc3c(C)noc3C)c2)N(C)C)cc1. The summed E-state index contributed by atoms with van der Waals surface area (Å²) in [5, 5.41) is 7.00. The maximum atomic E-state index is 12.8. The van der Waals surface area contributed by atoms with Gasteiger partial charge in [-0.25, -0.2) is 0 Å². The van der Waals surface area contributed by atoms with Crippen LogP contribution in [-0.4, -0.2) is 36.6 Å². The van der Waals surface area contributed by atoms with Crippen LogP contribution in [-0.2, 0) is 13.0 Å². The van der Waals surface area contributed by atoms with Gasteiger partial charge in [-0.1, -0.05) is 42.4 Å². The summed E-state index contributed by atoms with van der Waals surface area (Å²) in [6.45, 7) is 6.75. The minimum Gasteiger partial charge on any atom is -0.489 e. The number of benzene rings is 2. The molecule has 0 aliphatic carbocycles. The van der Waals surface area contributed by atoms with Gasteiger partial charge in [0.2, 0.25) is 0 Å². The molecule has 0 bridgehead atoms. The molecule has 1 unspecified atom stereocenters. The van der Waals surface area contributed by atoms with Crippen molar-refractivity contribution in [2.75, 3.05) is 20.6 Å². The molecule has 0 aliphatic rings. The normalized spacial score (nSPS) is 12.1. The second-order valence-electron chi connectivity index (χ2n) is 7.90. The number of carbonyl (C=O) groups excluding carboxylic acids is 1. The zero-order valence-corrected chi connectivity index (χ0v) is 18.9. The Labute approximate surface area is 184 Å². The Bertz CT molecular complexity index is 990. The number of aryl methyl sites for hydroxylation is 3. The minimum absolute atomic E-state index is 0.0915. The van der Waals surface area contributed by atoms with Crippen molar-refractivity contribution in [1.29, 1.82) is 0 Å². The van der Waals surface area contributed by atoms with E-state index in [1.54, 1.807) is 12.1 Å². The van der Waals surface area contributed by atoms with Gasteiger partial charge in [0.1, 0.15) is 18.1 Å².